The number of carbonyl (C=O) groups is 1. The quantitative estimate of drug-likeness (QED) is 0.900. The molecule has 1 aromatic rings. The smallest absolute Gasteiger partial charge is 0.243 e. The van der Waals surface area contributed by atoms with Gasteiger partial charge >= 0.3 is 0 Å². The average molecular weight is 293 g/mol. The molecule has 4 nitrogen and oxygen atoms in total. The van der Waals surface area contributed by atoms with E-state index in [9.17, 15) is 4.79 Å². The van der Waals surface area contributed by atoms with Gasteiger partial charge in [0, 0.05) is 17.1 Å². The summed E-state index contributed by atoms with van der Waals surface area (Å²) in [7, 11) is 0. The fourth-order valence-corrected chi connectivity index (χ4v) is 4.15. The standard InChI is InChI=1S/C15H23N3OS/c1-9(2)13-8-16-15(20-13)18-14(19)12-7-10-5-3-4-6-11(10)17-12/h8-12,17H,3-7H2,1-2H3,(H,16,18,19). The van der Waals surface area contributed by atoms with Crippen molar-refractivity contribution in [2.45, 2.75) is 64.0 Å². The third kappa shape index (κ3) is 2.88. The van der Waals surface area contributed by atoms with Crippen LogP contribution in [0.1, 0.15) is 56.7 Å². The summed E-state index contributed by atoms with van der Waals surface area (Å²) >= 11 is 1.58. The van der Waals surface area contributed by atoms with E-state index in [1.54, 1.807) is 11.3 Å². The molecule has 1 aliphatic carbocycles. The fraction of sp³-hybridized carbons (Fsp3) is 0.733. The Labute approximate surface area is 124 Å². The van der Waals surface area contributed by atoms with Crippen molar-refractivity contribution in [1.29, 1.82) is 0 Å². The highest BCUT2D eigenvalue weighted by Gasteiger charge is 2.38. The summed E-state index contributed by atoms with van der Waals surface area (Å²) < 4.78 is 0. The second kappa shape index (κ2) is 5.82. The van der Waals surface area contributed by atoms with E-state index in [-0.39, 0.29) is 11.9 Å². The first-order valence-electron chi connectivity index (χ1n) is 7.66. The normalized spacial score (nSPS) is 29.4. The molecule has 1 aromatic heterocycles. The van der Waals surface area contributed by atoms with Gasteiger partial charge in [-0.25, -0.2) is 4.98 Å². The number of nitrogens with one attached hydrogen (secondary N) is 2. The van der Waals surface area contributed by atoms with Crippen LogP contribution < -0.4 is 10.6 Å². The molecule has 1 aliphatic heterocycles. The molecule has 0 spiro atoms. The maximum Gasteiger partial charge on any atom is 0.243 e. The van der Waals surface area contributed by atoms with Crippen molar-refractivity contribution in [2.75, 3.05) is 5.32 Å². The molecule has 0 radical (unpaired) electrons. The van der Waals surface area contributed by atoms with E-state index >= 15 is 0 Å². The Hall–Kier alpha value is -0.940. The van der Waals surface area contributed by atoms with Crippen molar-refractivity contribution in [3.63, 3.8) is 0 Å². The van der Waals surface area contributed by atoms with Crippen molar-refractivity contribution in [1.82, 2.24) is 10.3 Å². The van der Waals surface area contributed by atoms with Crippen molar-refractivity contribution in [3.05, 3.63) is 11.1 Å². The minimum absolute atomic E-state index is 0.0329. The number of fused-ring (bicyclic) bond motifs is 1. The Kier molecular flexibility index (Phi) is 4.08. The maximum absolute atomic E-state index is 12.3. The van der Waals surface area contributed by atoms with Gasteiger partial charge in [0.2, 0.25) is 5.91 Å². The van der Waals surface area contributed by atoms with Gasteiger partial charge < -0.3 is 10.6 Å². The minimum atomic E-state index is -0.0329. The summed E-state index contributed by atoms with van der Waals surface area (Å²) in [4.78, 5) is 17.8. The molecule has 3 atom stereocenters. The summed E-state index contributed by atoms with van der Waals surface area (Å²) in [6.07, 6.45) is 7.97. The number of rotatable bonds is 3. The topological polar surface area (TPSA) is 54.0 Å². The molecule has 2 aliphatic rings. The Balaban J connectivity index is 1.59. The molecule has 1 saturated carbocycles. The lowest BCUT2D eigenvalue weighted by molar-refractivity contribution is -0.117. The lowest BCUT2D eigenvalue weighted by atomic mass is 9.85. The number of thiazole rings is 1. The first kappa shape index (κ1) is 14.0. The van der Waals surface area contributed by atoms with Gasteiger partial charge in [-0.3, -0.25) is 4.79 Å². The second-order valence-electron chi connectivity index (χ2n) is 6.32. The SMILES string of the molecule is CC(C)c1cnc(NC(=O)C2CC3CCCCC3N2)s1. The zero-order valence-electron chi connectivity index (χ0n) is 12.2. The molecule has 5 heteroatoms. The van der Waals surface area contributed by atoms with Crippen molar-refractivity contribution >= 4 is 22.4 Å². The third-order valence-electron chi connectivity index (χ3n) is 4.50. The number of amides is 1. The van der Waals surface area contributed by atoms with Crippen LogP contribution in [-0.4, -0.2) is 23.0 Å². The molecule has 0 aromatic carbocycles. The molecule has 20 heavy (non-hydrogen) atoms. The van der Waals surface area contributed by atoms with Gasteiger partial charge in [0.15, 0.2) is 5.13 Å². The molecule has 1 amide bonds. The average Bonchev–Trinajstić information content (AvgIpc) is 3.04. The maximum atomic E-state index is 12.3. The van der Waals surface area contributed by atoms with E-state index in [1.807, 2.05) is 6.20 Å². The molecule has 1 saturated heterocycles. The molecule has 0 bridgehead atoms. The van der Waals surface area contributed by atoms with Gasteiger partial charge in [-0.15, -0.1) is 11.3 Å². The van der Waals surface area contributed by atoms with Gasteiger partial charge in [-0.2, -0.15) is 0 Å². The van der Waals surface area contributed by atoms with Crippen molar-refractivity contribution in [2.24, 2.45) is 5.92 Å². The van der Waals surface area contributed by atoms with E-state index in [2.05, 4.69) is 29.5 Å². The summed E-state index contributed by atoms with van der Waals surface area (Å²) in [5.74, 6) is 1.25. The monoisotopic (exact) mass is 293 g/mol. The highest BCUT2D eigenvalue weighted by atomic mass is 32.1. The van der Waals surface area contributed by atoms with E-state index < -0.39 is 0 Å². The molecule has 2 heterocycles. The van der Waals surface area contributed by atoms with Crippen LogP contribution in [-0.2, 0) is 4.79 Å². The molecule has 3 unspecified atom stereocenters. The minimum Gasteiger partial charge on any atom is -0.303 e. The number of nitrogens with zero attached hydrogens (tertiary/aromatic N) is 1. The van der Waals surface area contributed by atoms with Crippen molar-refractivity contribution in [3.8, 4) is 0 Å². The molecule has 3 rings (SSSR count). The Morgan fingerprint density at radius 2 is 2.25 bits per heavy atom. The molecular formula is C15H23N3OS. The highest BCUT2D eigenvalue weighted by Crippen LogP contribution is 2.33. The van der Waals surface area contributed by atoms with Gasteiger partial charge in [-0.05, 0) is 31.1 Å². The van der Waals surface area contributed by atoms with Crippen LogP contribution in [0.3, 0.4) is 0 Å². The van der Waals surface area contributed by atoms with Crippen molar-refractivity contribution < 1.29 is 4.79 Å². The van der Waals surface area contributed by atoms with E-state index in [0.29, 0.717) is 17.9 Å². The summed E-state index contributed by atoms with van der Waals surface area (Å²) in [5.41, 5.74) is 0. The van der Waals surface area contributed by atoms with Gasteiger partial charge in [0.1, 0.15) is 0 Å². The van der Waals surface area contributed by atoms with Gasteiger partial charge in [0.05, 0.1) is 6.04 Å². The van der Waals surface area contributed by atoms with Gasteiger partial charge in [0.25, 0.3) is 0 Å². The number of hydrogen-bond acceptors (Lipinski definition) is 4. The van der Waals surface area contributed by atoms with E-state index in [1.165, 1.54) is 30.6 Å². The van der Waals surface area contributed by atoms with E-state index in [0.717, 1.165) is 11.6 Å². The van der Waals surface area contributed by atoms with Crippen LogP contribution in [0.5, 0.6) is 0 Å². The number of hydrogen-bond donors (Lipinski definition) is 2. The van der Waals surface area contributed by atoms with Crippen LogP contribution >= 0.6 is 11.3 Å². The van der Waals surface area contributed by atoms with Crippen LogP contribution in [0.2, 0.25) is 0 Å². The fourth-order valence-electron chi connectivity index (χ4n) is 3.32. The number of carbonyl (C=O) groups excluding carboxylic acids is 1. The van der Waals surface area contributed by atoms with E-state index in [4.69, 9.17) is 0 Å². The molecular weight excluding hydrogens is 270 g/mol. The number of aromatic nitrogens is 1. The van der Waals surface area contributed by atoms with Crippen LogP contribution in [0, 0.1) is 5.92 Å². The van der Waals surface area contributed by atoms with Gasteiger partial charge in [-0.1, -0.05) is 26.7 Å². The first-order valence-corrected chi connectivity index (χ1v) is 8.48. The Bertz CT molecular complexity index is 471. The predicted octanol–water partition coefficient (Wildman–Crippen LogP) is 3.13. The second-order valence-corrected chi connectivity index (χ2v) is 7.38. The zero-order valence-corrected chi connectivity index (χ0v) is 13.0. The molecule has 2 N–H and O–H groups in total. The summed E-state index contributed by atoms with van der Waals surface area (Å²) in [5, 5.41) is 7.21. The highest BCUT2D eigenvalue weighted by molar-refractivity contribution is 7.15. The van der Waals surface area contributed by atoms with Crippen LogP contribution in [0.4, 0.5) is 5.13 Å². The van der Waals surface area contributed by atoms with Crippen LogP contribution in [0.15, 0.2) is 6.20 Å². The largest absolute Gasteiger partial charge is 0.303 e. The summed E-state index contributed by atoms with van der Waals surface area (Å²) in [6.45, 7) is 4.28. The number of anilines is 1. The zero-order chi connectivity index (χ0) is 14.1. The molecule has 110 valence electrons. The van der Waals surface area contributed by atoms with Crippen LogP contribution in [0.25, 0.3) is 0 Å². The lowest BCUT2D eigenvalue weighted by Crippen LogP contribution is -2.39. The summed E-state index contributed by atoms with van der Waals surface area (Å²) in [6, 6.07) is 0.525. The first-order chi connectivity index (χ1) is 9.63. The molecule has 2 fully saturated rings. The lowest BCUT2D eigenvalue weighted by Gasteiger charge is -2.24. The predicted molar refractivity (Wildman–Crippen MR) is 82.1 cm³/mol. The Morgan fingerprint density at radius 1 is 1.45 bits per heavy atom. The Morgan fingerprint density at radius 3 is 2.95 bits per heavy atom. The third-order valence-corrected chi connectivity index (χ3v) is 5.72.